The minimum atomic E-state index is -3.93. The molecule has 0 heterocycles. The number of carbonyl (C=O) groups excluding carboxylic acids is 1. The summed E-state index contributed by atoms with van der Waals surface area (Å²) in [4.78, 5) is 12.6. The smallest absolute Gasteiger partial charge is 0.243 e. The molecule has 2 rings (SSSR count). The lowest BCUT2D eigenvalue weighted by Gasteiger charge is -2.23. The fraction of sp³-hybridized carbons (Fsp3) is 0.381. The van der Waals surface area contributed by atoms with Crippen molar-refractivity contribution in [2.75, 3.05) is 13.1 Å². The van der Waals surface area contributed by atoms with E-state index in [0.29, 0.717) is 28.1 Å². The lowest BCUT2D eigenvalue weighted by atomic mass is 10.1. The van der Waals surface area contributed by atoms with Crippen molar-refractivity contribution in [2.45, 2.75) is 38.6 Å². The Labute approximate surface area is 183 Å². The van der Waals surface area contributed by atoms with Gasteiger partial charge in [-0.05, 0) is 43.5 Å². The van der Waals surface area contributed by atoms with E-state index in [-0.39, 0.29) is 23.9 Å². The maximum Gasteiger partial charge on any atom is 0.243 e. The molecular formula is C21H26Cl2N2O3S. The number of carbonyl (C=O) groups is 1. The molecule has 0 bridgehead atoms. The number of sulfonamides is 1. The van der Waals surface area contributed by atoms with Gasteiger partial charge in [0.2, 0.25) is 15.9 Å². The van der Waals surface area contributed by atoms with Crippen LogP contribution in [0.4, 0.5) is 0 Å². The van der Waals surface area contributed by atoms with Crippen molar-refractivity contribution in [3.8, 4) is 0 Å². The van der Waals surface area contributed by atoms with Crippen LogP contribution in [0.25, 0.3) is 0 Å². The van der Waals surface area contributed by atoms with Gasteiger partial charge in [-0.1, -0.05) is 60.8 Å². The molecular weight excluding hydrogens is 431 g/mol. The number of hydrogen-bond donors (Lipinski definition) is 1. The van der Waals surface area contributed by atoms with Crippen molar-refractivity contribution in [2.24, 2.45) is 5.92 Å². The van der Waals surface area contributed by atoms with E-state index >= 15 is 0 Å². The van der Waals surface area contributed by atoms with Crippen LogP contribution in [0, 0.1) is 12.8 Å². The Morgan fingerprint density at radius 1 is 1.07 bits per heavy atom. The third-order valence-electron chi connectivity index (χ3n) is 4.42. The monoisotopic (exact) mass is 456 g/mol. The standard InChI is InChI=1S/C21H26Cl2N2O3S/c1-15(2)11-12-24-21(26)14-25(13-18-19(22)5-4-6-20(18)23)29(27,28)17-9-7-16(3)8-10-17/h4-10,15H,11-14H2,1-3H3,(H,24,26). The van der Waals surface area contributed by atoms with Crippen molar-refractivity contribution < 1.29 is 13.2 Å². The number of aryl methyl sites for hydroxylation is 1. The van der Waals surface area contributed by atoms with E-state index in [2.05, 4.69) is 19.2 Å². The van der Waals surface area contributed by atoms with E-state index in [1.807, 2.05) is 6.92 Å². The zero-order chi connectivity index (χ0) is 21.6. The van der Waals surface area contributed by atoms with Gasteiger partial charge in [-0.2, -0.15) is 4.31 Å². The first kappa shape index (κ1) is 23.7. The molecule has 0 radical (unpaired) electrons. The number of halogens is 2. The fourth-order valence-corrected chi connectivity index (χ4v) is 4.54. The SMILES string of the molecule is Cc1ccc(S(=O)(=O)N(CC(=O)NCCC(C)C)Cc2c(Cl)cccc2Cl)cc1. The maximum atomic E-state index is 13.2. The summed E-state index contributed by atoms with van der Waals surface area (Å²) >= 11 is 12.5. The summed E-state index contributed by atoms with van der Waals surface area (Å²) in [6.45, 7) is 6.04. The van der Waals surface area contributed by atoms with E-state index in [1.54, 1.807) is 30.3 Å². The summed E-state index contributed by atoms with van der Waals surface area (Å²) in [6.07, 6.45) is 0.812. The second kappa shape index (κ2) is 10.4. The van der Waals surface area contributed by atoms with E-state index in [9.17, 15) is 13.2 Å². The molecule has 0 fully saturated rings. The van der Waals surface area contributed by atoms with E-state index in [0.717, 1.165) is 16.3 Å². The molecule has 0 saturated carbocycles. The average molecular weight is 457 g/mol. The summed E-state index contributed by atoms with van der Waals surface area (Å²) in [5.74, 6) is 0.0640. The molecule has 0 aliphatic carbocycles. The van der Waals surface area contributed by atoms with Crippen LogP contribution in [0.1, 0.15) is 31.4 Å². The van der Waals surface area contributed by atoms with Crippen LogP contribution in [-0.4, -0.2) is 31.7 Å². The molecule has 29 heavy (non-hydrogen) atoms. The molecule has 2 aromatic carbocycles. The molecule has 0 aliphatic heterocycles. The van der Waals surface area contributed by atoms with E-state index < -0.39 is 10.0 Å². The number of benzene rings is 2. The molecule has 0 saturated heterocycles. The molecule has 1 amide bonds. The van der Waals surface area contributed by atoms with Crippen molar-refractivity contribution >= 4 is 39.1 Å². The van der Waals surface area contributed by atoms with Crippen LogP contribution >= 0.6 is 23.2 Å². The maximum absolute atomic E-state index is 13.2. The first-order valence-corrected chi connectivity index (χ1v) is 11.6. The van der Waals surface area contributed by atoms with Crippen molar-refractivity contribution in [1.29, 1.82) is 0 Å². The average Bonchev–Trinajstić information content (AvgIpc) is 2.64. The Balaban J connectivity index is 2.32. The summed E-state index contributed by atoms with van der Waals surface area (Å²) in [6, 6.07) is 11.5. The summed E-state index contributed by atoms with van der Waals surface area (Å²) in [5.41, 5.74) is 1.40. The largest absolute Gasteiger partial charge is 0.355 e. The lowest BCUT2D eigenvalue weighted by Crippen LogP contribution is -2.40. The normalized spacial score (nSPS) is 11.8. The van der Waals surface area contributed by atoms with Gasteiger partial charge in [-0.25, -0.2) is 8.42 Å². The van der Waals surface area contributed by atoms with Crippen molar-refractivity contribution in [1.82, 2.24) is 9.62 Å². The van der Waals surface area contributed by atoms with Gasteiger partial charge in [-0.3, -0.25) is 4.79 Å². The van der Waals surface area contributed by atoms with Gasteiger partial charge in [-0.15, -0.1) is 0 Å². The highest BCUT2D eigenvalue weighted by molar-refractivity contribution is 7.89. The van der Waals surface area contributed by atoms with E-state index in [4.69, 9.17) is 23.2 Å². The first-order valence-electron chi connectivity index (χ1n) is 9.37. The summed E-state index contributed by atoms with van der Waals surface area (Å²) < 4.78 is 27.6. The van der Waals surface area contributed by atoms with Crippen molar-refractivity contribution in [3.05, 3.63) is 63.6 Å². The predicted octanol–water partition coefficient (Wildman–Crippen LogP) is 4.66. The molecule has 0 aromatic heterocycles. The van der Waals surface area contributed by atoms with Crippen LogP contribution in [-0.2, 0) is 21.4 Å². The van der Waals surface area contributed by atoms with Gasteiger partial charge in [0.15, 0.2) is 0 Å². The highest BCUT2D eigenvalue weighted by Gasteiger charge is 2.28. The summed E-state index contributed by atoms with van der Waals surface area (Å²) in [7, 11) is -3.93. The Hall–Kier alpha value is -1.60. The Morgan fingerprint density at radius 3 is 2.21 bits per heavy atom. The van der Waals surface area contributed by atoms with Gasteiger partial charge in [0.1, 0.15) is 0 Å². The zero-order valence-electron chi connectivity index (χ0n) is 16.8. The molecule has 0 aliphatic rings. The van der Waals surface area contributed by atoms with Gasteiger partial charge in [0.25, 0.3) is 0 Å². The topological polar surface area (TPSA) is 66.5 Å². The van der Waals surface area contributed by atoms with Gasteiger partial charge < -0.3 is 5.32 Å². The number of rotatable bonds is 9. The molecule has 5 nitrogen and oxygen atoms in total. The van der Waals surface area contributed by atoms with Gasteiger partial charge in [0, 0.05) is 28.7 Å². The zero-order valence-corrected chi connectivity index (χ0v) is 19.1. The minimum absolute atomic E-state index is 0.105. The van der Waals surface area contributed by atoms with Gasteiger partial charge >= 0.3 is 0 Å². The Kier molecular flexibility index (Phi) is 8.52. The Bertz CT molecular complexity index is 925. The molecule has 0 atom stereocenters. The molecule has 8 heteroatoms. The van der Waals surface area contributed by atoms with E-state index in [1.165, 1.54) is 12.1 Å². The van der Waals surface area contributed by atoms with Crippen LogP contribution < -0.4 is 5.32 Å². The summed E-state index contributed by atoms with van der Waals surface area (Å²) in [5, 5.41) is 3.48. The Morgan fingerprint density at radius 2 is 1.66 bits per heavy atom. The van der Waals surface area contributed by atoms with Gasteiger partial charge in [0.05, 0.1) is 11.4 Å². The third-order valence-corrected chi connectivity index (χ3v) is 6.93. The number of nitrogens with one attached hydrogen (secondary N) is 1. The molecule has 0 unspecified atom stereocenters. The number of amides is 1. The third kappa shape index (κ3) is 6.71. The van der Waals surface area contributed by atoms with Crippen LogP contribution in [0.2, 0.25) is 10.0 Å². The highest BCUT2D eigenvalue weighted by Crippen LogP contribution is 2.28. The van der Waals surface area contributed by atoms with Crippen LogP contribution in [0.5, 0.6) is 0 Å². The number of hydrogen-bond acceptors (Lipinski definition) is 3. The van der Waals surface area contributed by atoms with Crippen LogP contribution in [0.15, 0.2) is 47.4 Å². The minimum Gasteiger partial charge on any atom is -0.355 e. The molecule has 0 spiro atoms. The second-order valence-corrected chi connectivity index (χ2v) is 10.1. The number of nitrogens with zero attached hydrogens (tertiary/aromatic N) is 1. The highest BCUT2D eigenvalue weighted by atomic mass is 35.5. The second-order valence-electron chi connectivity index (χ2n) is 7.32. The predicted molar refractivity (Wildman–Crippen MR) is 118 cm³/mol. The van der Waals surface area contributed by atoms with Crippen molar-refractivity contribution in [3.63, 3.8) is 0 Å². The first-order chi connectivity index (χ1) is 13.6. The fourth-order valence-electron chi connectivity index (χ4n) is 2.66. The molecule has 158 valence electrons. The van der Waals surface area contributed by atoms with Crippen LogP contribution in [0.3, 0.4) is 0 Å². The quantitative estimate of drug-likeness (QED) is 0.596. The lowest BCUT2D eigenvalue weighted by molar-refractivity contribution is -0.121. The molecule has 2 aromatic rings. The molecule has 1 N–H and O–H groups in total.